The normalized spacial score (nSPS) is 16.4. The molecule has 0 aliphatic heterocycles. The summed E-state index contributed by atoms with van der Waals surface area (Å²) in [6.07, 6.45) is 9.37. The minimum absolute atomic E-state index is 0.00294. The largest absolute Gasteiger partial charge is 0.482 e. The van der Waals surface area contributed by atoms with Crippen LogP contribution < -0.4 is 18.9 Å². The molecule has 388 valence electrons. The second-order valence-corrected chi connectivity index (χ2v) is 25.5. The summed E-state index contributed by atoms with van der Waals surface area (Å²) in [6, 6.07) is 23.1. The Kier molecular flexibility index (Phi) is 18.2. The van der Waals surface area contributed by atoms with E-state index < -0.39 is 55.3 Å². The van der Waals surface area contributed by atoms with E-state index in [0.717, 1.165) is 77.5 Å². The number of pyridine rings is 2. The molecule has 2 unspecified atom stereocenters. The molecule has 0 saturated heterocycles. The molecule has 2 aromatic heterocycles. The number of rotatable bonds is 13. The maximum Gasteiger partial charge on any atom is 0.344 e. The quantitative estimate of drug-likeness (QED) is 0.0840. The summed E-state index contributed by atoms with van der Waals surface area (Å²) in [5.74, 6) is 0.263. The van der Waals surface area contributed by atoms with Gasteiger partial charge in [-0.15, -0.1) is 0 Å². The monoisotopic (exact) mass is 1090 g/mol. The number of carbonyl (C=O) groups is 2. The Labute approximate surface area is 434 Å². The van der Waals surface area contributed by atoms with E-state index >= 15 is 0 Å². The lowest BCUT2D eigenvalue weighted by molar-refractivity contribution is -0.158. The number of hydrogen-bond acceptors (Lipinski definition) is 12. The van der Waals surface area contributed by atoms with Crippen LogP contribution in [-0.2, 0) is 57.4 Å². The number of halogens is 1. The molecule has 17 heteroatoms. The molecule has 2 N–H and O–H groups in total. The molecule has 0 radical (unpaired) electrons. The van der Waals surface area contributed by atoms with Gasteiger partial charge in [-0.1, -0.05) is 81.6 Å². The third kappa shape index (κ3) is 15.9. The molecule has 0 fully saturated rings. The molecule has 3 aromatic carbocycles. The molecule has 2 aliphatic rings. The number of fused-ring (bicyclic) bond motifs is 2. The van der Waals surface area contributed by atoms with Gasteiger partial charge < -0.3 is 18.9 Å². The third-order valence-electron chi connectivity index (χ3n) is 11.8. The van der Waals surface area contributed by atoms with Gasteiger partial charge in [-0.2, -0.15) is 0 Å². The SMILES string of the molecule is CC(C)(C)OC(=O)COc1cccc2c1CCCCC2NS(=O)(=O)c1ccc(Br)cn1.Cc1cc(-c2ccc(S(=O)(=O)NC3CCCCc4c(OCC(=O)OC(C)(C)C)cccc43)nc2)cc(C(C)(C)C)c1. The molecule has 2 aliphatic carbocycles. The van der Waals surface area contributed by atoms with Crippen LogP contribution in [0, 0.1) is 6.92 Å². The Hall–Kier alpha value is -5.20. The maximum absolute atomic E-state index is 13.5. The van der Waals surface area contributed by atoms with Crippen LogP contribution in [0.3, 0.4) is 0 Å². The number of nitrogens with zero attached hydrogens (tertiary/aromatic N) is 2. The van der Waals surface area contributed by atoms with Crippen LogP contribution >= 0.6 is 15.9 Å². The maximum atomic E-state index is 13.5. The zero-order valence-electron chi connectivity index (χ0n) is 43.1. The smallest absolute Gasteiger partial charge is 0.344 e. The summed E-state index contributed by atoms with van der Waals surface area (Å²) >= 11 is 3.27. The van der Waals surface area contributed by atoms with Crippen LogP contribution in [0.2, 0.25) is 0 Å². The number of hydrogen-bond donors (Lipinski definition) is 2. The molecule has 72 heavy (non-hydrogen) atoms. The molecule has 14 nitrogen and oxygen atoms in total. The van der Waals surface area contributed by atoms with E-state index in [2.05, 4.69) is 81.2 Å². The van der Waals surface area contributed by atoms with Crippen LogP contribution in [0.1, 0.15) is 146 Å². The first-order chi connectivity index (χ1) is 33.7. The fraction of sp³-hybridized carbons (Fsp3) is 0.455. The highest BCUT2D eigenvalue weighted by Crippen LogP contribution is 2.37. The molecule has 0 amide bonds. The number of sulfonamides is 2. The van der Waals surface area contributed by atoms with E-state index in [4.69, 9.17) is 18.9 Å². The first-order valence-corrected chi connectivity index (χ1v) is 28.1. The first-order valence-electron chi connectivity index (χ1n) is 24.4. The predicted octanol–water partition coefficient (Wildman–Crippen LogP) is 11.1. The summed E-state index contributed by atoms with van der Waals surface area (Å²) in [7, 11) is -7.68. The minimum Gasteiger partial charge on any atom is -0.482 e. The highest BCUT2D eigenvalue weighted by atomic mass is 79.9. The molecule has 2 atom stereocenters. The molecule has 0 spiro atoms. The van der Waals surface area contributed by atoms with Gasteiger partial charge in [-0.3, -0.25) is 0 Å². The van der Waals surface area contributed by atoms with E-state index in [9.17, 15) is 26.4 Å². The van der Waals surface area contributed by atoms with Crippen molar-refractivity contribution in [2.45, 2.75) is 159 Å². The first kappa shape index (κ1) is 56.1. The lowest BCUT2D eigenvalue weighted by atomic mass is 9.84. The Balaban J connectivity index is 0.000000245. The van der Waals surface area contributed by atoms with Crippen molar-refractivity contribution in [2.24, 2.45) is 0 Å². The van der Waals surface area contributed by atoms with Crippen molar-refractivity contribution < 1.29 is 45.4 Å². The average molecular weight is 1090 g/mol. The average Bonchev–Trinajstić information content (AvgIpc) is 3.62. The molecule has 5 aromatic rings. The number of ether oxygens (including phenoxy) is 4. The molecular formula is C55H69BrN4O10S2. The van der Waals surface area contributed by atoms with Gasteiger partial charge in [0.15, 0.2) is 23.3 Å². The van der Waals surface area contributed by atoms with Crippen molar-refractivity contribution in [1.82, 2.24) is 19.4 Å². The third-order valence-corrected chi connectivity index (χ3v) is 15.1. The fourth-order valence-electron chi connectivity index (χ4n) is 8.60. The van der Waals surface area contributed by atoms with Crippen molar-refractivity contribution in [3.05, 3.63) is 129 Å². The zero-order valence-corrected chi connectivity index (χ0v) is 46.3. The highest BCUT2D eigenvalue weighted by molar-refractivity contribution is 9.10. The van der Waals surface area contributed by atoms with Crippen LogP contribution in [0.5, 0.6) is 11.5 Å². The topological polar surface area (TPSA) is 189 Å². The molecule has 2 heterocycles. The van der Waals surface area contributed by atoms with E-state index in [-0.39, 0.29) is 28.7 Å². The van der Waals surface area contributed by atoms with Crippen LogP contribution in [0.25, 0.3) is 11.1 Å². The van der Waals surface area contributed by atoms with Crippen LogP contribution in [0.4, 0.5) is 0 Å². The van der Waals surface area contributed by atoms with Gasteiger partial charge in [0.25, 0.3) is 20.0 Å². The van der Waals surface area contributed by atoms with Gasteiger partial charge in [0.1, 0.15) is 22.7 Å². The Morgan fingerprint density at radius 3 is 1.50 bits per heavy atom. The molecule has 7 rings (SSSR count). The summed E-state index contributed by atoms with van der Waals surface area (Å²) in [5, 5.41) is -0.0492. The fourth-order valence-corrected chi connectivity index (χ4v) is 11.2. The van der Waals surface area contributed by atoms with Gasteiger partial charge in [-0.05, 0) is 178 Å². The number of aromatic nitrogens is 2. The van der Waals surface area contributed by atoms with Gasteiger partial charge in [-0.25, -0.2) is 45.8 Å². The van der Waals surface area contributed by atoms with E-state index in [1.807, 2.05) is 57.2 Å². The Bertz CT molecular complexity index is 2930. The molecular weight excluding hydrogens is 1020 g/mol. The minimum atomic E-state index is -3.89. The van der Waals surface area contributed by atoms with Gasteiger partial charge in [0, 0.05) is 34.5 Å². The second-order valence-electron chi connectivity index (χ2n) is 21.3. The zero-order chi connectivity index (χ0) is 52.6. The van der Waals surface area contributed by atoms with Crippen molar-refractivity contribution in [3.63, 3.8) is 0 Å². The standard InChI is InChI=1S/C33H42N2O5S.C22H27BrN2O5S/c1-22-17-24(19-25(18-22)32(2,3)4)23-15-16-30(34-20-23)41(37,38)35-28-13-9-8-11-27-26(28)12-10-14-29(27)39-21-31(36)40-33(5,6)7;1-22(2,3)30-21(26)14-29-19-10-6-8-16-17(19)7-4-5-9-18(16)25-31(27,28)20-12-11-15(23)13-24-20/h10,12,14-20,28,35H,8-9,11,13,21H2,1-7H3;6,8,10-13,18,25H,4-5,7,9,14H2,1-3H3. The van der Waals surface area contributed by atoms with Crippen molar-refractivity contribution in [1.29, 1.82) is 0 Å². The second kappa shape index (κ2) is 23.3. The number of carbonyl (C=O) groups excluding carboxylic acids is 2. The van der Waals surface area contributed by atoms with Crippen LogP contribution in [-0.4, -0.2) is 63.2 Å². The van der Waals surface area contributed by atoms with E-state index in [1.54, 1.807) is 45.2 Å². The lowest BCUT2D eigenvalue weighted by Crippen LogP contribution is -2.30. The number of esters is 2. The van der Waals surface area contributed by atoms with E-state index in [0.29, 0.717) is 28.8 Å². The summed E-state index contributed by atoms with van der Waals surface area (Å²) in [6.45, 7) is 19.0. The lowest BCUT2D eigenvalue weighted by Gasteiger charge is -2.22. The van der Waals surface area contributed by atoms with E-state index in [1.165, 1.54) is 17.8 Å². The Morgan fingerprint density at radius 1 is 0.611 bits per heavy atom. The van der Waals surface area contributed by atoms with Gasteiger partial charge in [0.2, 0.25) is 0 Å². The number of benzene rings is 3. The van der Waals surface area contributed by atoms with Crippen LogP contribution in [0.15, 0.2) is 106 Å². The van der Waals surface area contributed by atoms with Crippen molar-refractivity contribution in [2.75, 3.05) is 13.2 Å². The summed E-state index contributed by atoms with van der Waals surface area (Å²) in [5.41, 5.74) is 6.60. The Morgan fingerprint density at radius 2 is 1.08 bits per heavy atom. The molecule has 0 bridgehead atoms. The number of aryl methyl sites for hydroxylation is 1. The predicted molar refractivity (Wildman–Crippen MR) is 282 cm³/mol. The van der Waals surface area contributed by atoms with Crippen molar-refractivity contribution >= 4 is 47.9 Å². The summed E-state index contributed by atoms with van der Waals surface area (Å²) < 4.78 is 81.4. The van der Waals surface area contributed by atoms with Gasteiger partial charge in [0.05, 0.1) is 0 Å². The molecule has 0 saturated carbocycles. The number of nitrogens with one attached hydrogen (secondary N) is 2. The highest BCUT2D eigenvalue weighted by Gasteiger charge is 2.30. The summed E-state index contributed by atoms with van der Waals surface area (Å²) in [4.78, 5) is 32.7. The van der Waals surface area contributed by atoms with Gasteiger partial charge >= 0.3 is 11.9 Å². The van der Waals surface area contributed by atoms with Crippen molar-refractivity contribution in [3.8, 4) is 22.6 Å².